The number of aromatic nitrogens is 3. The molecule has 4 nitrogen and oxygen atoms in total. The Morgan fingerprint density at radius 3 is 2.42 bits per heavy atom. The standard InChI is InChI=1S/C15H21N3O/c1-10-6-7-11(2)12(8-10)14-17-16-13(9-19)18(14)15(3,4)5/h6-8,19H,9H2,1-5H3. The van der Waals surface area contributed by atoms with Crippen molar-refractivity contribution in [2.75, 3.05) is 0 Å². The summed E-state index contributed by atoms with van der Waals surface area (Å²) >= 11 is 0. The largest absolute Gasteiger partial charge is 0.388 e. The molecule has 0 saturated heterocycles. The number of aliphatic hydroxyl groups excluding tert-OH is 1. The second kappa shape index (κ2) is 4.78. The monoisotopic (exact) mass is 259 g/mol. The Bertz CT molecular complexity index is 594. The molecule has 0 aliphatic rings. The van der Waals surface area contributed by atoms with Crippen LogP contribution in [0.5, 0.6) is 0 Å². The lowest BCUT2D eigenvalue weighted by Crippen LogP contribution is -2.25. The Hall–Kier alpha value is -1.68. The number of aryl methyl sites for hydroxylation is 2. The van der Waals surface area contributed by atoms with Gasteiger partial charge in [-0.15, -0.1) is 10.2 Å². The molecule has 1 aromatic carbocycles. The van der Waals surface area contributed by atoms with Gasteiger partial charge < -0.3 is 9.67 Å². The molecule has 0 aliphatic carbocycles. The first kappa shape index (κ1) is 13.7. The number of aliphatic hydroxyl groups is 1. The first-order valence-corrected chi connectivity index (χ1v) is 6.48. The van der Waals surface area contributed by atoms with Gasteiger partial charge in [0.05, 0.1) is 0 Å². The minimum atomic E-state index is -0.174. The van der Waals surface area contributed by atoms with Crippen molar-refractivity contribution in [1.82, 2.24) is 14.8 Å². The second-order valence-corrected chi connectivity index (χ2v) is 5.92. The highest BCUT2D eigenvalue weighted by molar-refractivity contribution is 5.61. The molecule has 0 aliphatic heterocycles. The summed E-state index contributed by atoms with van der Waals surface area (Å²) in [7, 11) is 0. The lowest BCUT2D eigenvalue weighted by atomic mass is 10.0. The maximum Gasteiger partial charge on any atom is 0.164 e. The Morgan fingerprint density at radius 2 is 1.84 bits per heavy atom. The summed E-state index contributed by atoms with van der Waals surface area (Å²) in [6.45, 7) is 10.3. The van der Waals surface area contributed by atoms with E-state index in [1.807, 2.05) is 4.57 Å². The Morgan fingerprint density at radius 1 is 1.16 bits per heavy atom. The zero-order valence-electron chi connectivity index (χ0n) is 12.2. The zero-order valence-corrected chi connectivity index (χ0v) is 12.2. The Labute approximate surface area is 114 Å². The summed E-state index contributed by atoms with van der Waals surface area (Å²) in [6, 6.07) is 6.29. The molecule has 0 radical (unpaired) electrons. The average molecular weight is 259 g/mol. The minimum Gasteiger partial charge on any atom is -0.388 e. The van der Waals surface area contributed by atoms with Crippen LogP contribution in [0.3, 0.4) is 0 Å². The van der Waals surface area contributed by atoms with Crippen LogP contribution in [0.2, 0.25) is 0 Å². The van der Waals surface area contributed by atoms with Crippen LogP contribution in [0.4, 0.5) is 0 Å². The Balaban J connectivity index is 2.69. The van der Waals surface area contributed by atoms with Gasteiger partial charge in [-0.05, 0) is 46.2 Å². The lowest BCUT2D eigenvalue weighted by Gasteiger charge is -2.25. The highest BCUT2D eigenvalue weighted by atomic mass is 16.3. The van der Waals surface area contributed by atoms with Gasteiger partial charge in [0.1, 0.15) is 6.61 Å². The maximum absolute atomic E-state index is 9.44. The number of hydrogen-bond acceptors (Lipinski definition) is 3. The summed E-state index contributed by atoms with van der Waals surface area (Å²) in [5, 5.41) is 17.8. The van der Waals surface area contributed by atoms with Gasteiger partial charge in [-0.2, -0.15) is 0 Å². The maximum atomic E-state index is 9.44. The van der Waals surface area contributed by atoms with Crippen LogP contribution in [0.1, 0.15) is 37.7 Å². The molecule has 0 atom stereocenters. The van der Waals surface area contributed by atoms with Crippen molar-refractivity contribution >= 4 is 0 Å². The Kier molecular flexibility index (Phi) is 3.45. The molecule has 0 saturated carbocycles. The summed E-state index contributed by atoms with van der Waals surface area (Å²) in [6.07, 6.45) is 0. The number of nitrogens with zero attached hydrogens (tertiary/aromatic N) is 3. The van der Waals surface area contributed by atoms with E-state index in [1.54, 1.807) is 0 Å². The molecule has 1 N–H and O–H groups in total. The van der Waals surface area contributed by atoms with Crippen LogP contribution in [0, 0.1) is 13.8 Å². The molecular weight excluding hydrogens is 238 g/mol. The topological polar surface area (TPSA) is 50.9 Å². The molecule has 0 unspecified atom stereocenters. The quantitative estimate of drug-likeness (QED) is 0.902. The third-order valence-electron chi connectivity index (χ3n) is 3.18. The third kappa shape index (κ3) is 2.54. The third-order valence-corrected chi connectivity index (χ3v) is 3.18. The first-order valence-electron chi connectivity index (χ1n) is 6.48. The van der Waals surface area contributed by atoms with E-state index in [2.05, 4.69) is 63.0 Å². The van der Waals surface area contributed by atoms with E-state index in [0.717, 1.165) is 17.0 Å². The molecule has 1 heterocycles. The van der Waals surface area contributed by atoms with Crippen molar-refractivity contribution in [2.24, 2.45) is 0 Å². The highest BCUT2D eigenvalue weighted by Gasteiger charge is 2.24. The van der Waals surface area contributed by atoms with Crippen LogP contribution in [-0.4, -0.2) is 19.9 Å². The predicted octanol–water partition coefficient (Wildman–Crippen LogP) is 2.81. The van der Waals surface area contributed by atoms with Crippen molar-refractivity contribution in [3.05, 3.63) is 35.2 Å². The molecule has 4 heteroatoms. The molecule has 0 amide bonds. The van der Waals surface area contributed by atoms with Gasteiger partial charge in [-0.1, -0.05) is 17.7 Å². The predicted molar refractivity (Wildman–Crippen MR) is 75.9 cm³/mol. The normalized spacial score (nSPS) is 11.9. The SMILES string of the molecule is Cc1ccc(C)c(-c2nnc(CO)n2C(C)(C)C)c1. The fourth-order valence-corrected chi connectivity index (χ4v) is 2.28. The van der Waals surface area contributed by atoms with Crippen molar-refractivity contribution in [3.63, 3.8) is 0 Å². The lowest BCUT2D eigenvalue weighted by molar-refractivity contribution is 0.250. The average Bonchev–Trinajstić information content (AvgIpc) is 2.75. The molecule has 2 aromatic rings. The molecule has 1 aromatic heterocycles. The van der Waals surface area contributed by atoms with E-state index in [9.17, 15) is 5.11 Å². The molecule has 0 fully saturated rings. The van der Waals surface area contributed by atoms with E-state index in [-0.39, 0.29) is 12.1 Å². The van der Waals surface area contributed by atoms with Crippen molar-refractivity contribution in [3.8, 4) is 11.4 Å². The van der Waals surface area contributed by atoms with Crippen molar-refractivity contribution in [2.45, 2.75) is 46.8 Å². The second-order valence-electron chi connectivity index (χ2n) is 5.92. The van der Waals surface area contributed by atoms with Crippen molar-refractivity contribution in [1.29, 1.82) is 0 Å². The summed E-state index contributed by atoms with van der Waals surface area (Å²) < 4.78 is 2.01. The number of rotatable bonds is 2. The van der Waals surface area contributed by atoms with Gasteiger partial charge in [0.2, 0.25) is 0 Å². The van der Waals surface area contributed by atoms with Gasteiger partial charge >= 0.3 is 0 Å². The zero-order chi connectivity index (χ0) is 14.2. The number of benzene rings is 1. The fraction of sp³-hybridized carbons (Fsp3) is 0.467. The summed E-state index contributed by atoms with van der Waals surface area (Å²) in [5.41, 5.74) is 3.25. The van der Waals surface area contributed by atoms with E-state index >= 15 is 0 Å². The van der Waals surface area contributed by atoms with E-state index in [0.29, 0.717) is 5.82 Å². The van der Waals surface area contributed by atoms with Gasteiger partial charge in [-0.3, -0.25) is 0 Å². The van der Waals surface area contributed by atoms with Gasteiger partial charge in [-0.25, -0.2) is 0 Å². The van der Waals surface area contributed by atoms with Crippen LogP contribution >= 0.6 is 0 Å². The molecule has 2 rings (SSSR count). The van der Waals surface area contributed by atoms with Crippen molar-refractivity contribution < 1.29 is 5.11 Å². The summed E-state index contributed by atoms with van der Waals surface area (Å²) in [5.74, 6) is 1.42. The first-order chi connectivity index (χ1) is 8.84. The van der Waals surface area contributed by atoms with Gasteiger partial charge in [0.25, 0.3) is 0 Å². The van der Waals surface area contributed by atoms with Gasteiger partial charge in [0, 0.05) is 11.1 Å². The molecule has 19 heavy (non-hydrogen) atoms. The van der Waals surface area contributed by atoms with E-state index in [1.165, 1.54) is 5.56 Å². The van der Waals surface area contributed by atoms with E-state index in [4.69, 9.17) is 0 Å². The smallest absolute Gasteiger partial charge is 0.164 e. The van der Waals surface area contributed by atoms with Gasteiger partial charge in [0.15, 0.2) is 11.6 Å². The molecule has 102 valence electrons. The number of hydrogen-bond donors (Lipinski definition) is 1. The van der Waals surface area contributed by atoms with Crippen LogP contribution in [0.15, 0.2) is 18.2 Å². The van der Waals surface area contributed by atoms with Crippen LogP contribution < -0.4 is 0 Å². The highest BCUT2D eigenvalue weighted by Crippen LogP contribution is 2.28. The van der Waals surface area contributed by atoms with Crippen LogP contribution in [-0.2, 0) is 12.1 Å². The van der Waals surface area contributed by atoms with Crippen LogP contribution in [0.25, 0.3) is 11.4 Å². The summed E-state index contributed by atoms with van der Waals surface area (Å²) in [4.78, 5) is 0. The molecular formula is C15H21N3O. The van der Waals surface area contributed by atoms with E-state index < -0.39 is 0 Å². The fourth-order valence-electron chi connectivity index (χ4n) is 2.28. The molecule has 0 bridgehead atoms. The minimum absolute atomic E-state index is 0.102. The molecule has 0 spiro atoms.